The molecule has 0 bridgehead atoms. The van der Waals surface area contributed by atoms with Crippen molar-refractivity contribution in [3.8, 4) is 11.5 Å². The lowest BCUT2D eigenvalue weighted by Gasteiger charge is -2.27. The van der Waals surface area contributed by atoms with Crippen LogP contribution in [0.2, 0.25) is 0 Å². The third-order valence-electron chi connectivity index (χ3n) is 4.91. The Labute approximate surface area is 193 Å². The first-order valence-corrected chi connectivity index (χ1v) is 12.2. The van der Waals surface area contributed by atoms with Gasteiger partial charge in [0.15, 0.2) is 16.6 Å². The van der Waals surface area contributed by atoms with Gasteiger partial charge in [-0.25, -0.2) is 9.78 Å². The Bertz CT molecular complexity index is 1030. The van der Waals surface area contributed by atoms with Crippen molar-refractivity contribution in [3.05, 3.63) is 39.5 Å². The molecule has 1 aliphatic heterocycles. The van der Waals surface area contributed by atoms with Crippen molar-refractivity contribution >= 4 is 39.7 Å². The average Bonchev–Trinajstić information content (AvgIpc) is 3.58. The summed E-state index contributed by atoms with van der Waals surface area (Å²) in [6.45, 7) is 6.74. The minimum Gasteiger partial charge on any atom is -0.461 e. The fourth-order valence-corrected chi connectivity index (χ4v) is 4.80. The van der Waals surface area contributed by atoms with Gasteiger partial charge in [0.1, 0.15) is 5.69 Å². The third-order valence-corrected chi connectivity index (χ3v) is 6.63. The summed E-state index contributed by atoms with van der Waals surface area (Å²) in [5.74, 6) is -0.268. The van der Waals surface area contributed by atoms with Crippen molar-refractivity contribution in [1.82, 2.24) is 15.0 Å². The molecule has 1 fully saturated rings. The Balaban J connectivity index is 1.49. The number of ether oxygens (including phenoxy) is 2. The van der Waals surface area contributed by atoms with Crippen LogP contribution in [0.1, 0.15) is 33.5 Å². The topological polar surface area (TPSA) is 98.0 Å². The van der Waals surface area contributed by atoms with Crippen molar-refractivity contribution in [1.29, 1.82) is 0 Å². The van der Waals surface area contributed by atoms with Crippen LogP contribution in [0.4, 0.5) is 5.13 Å². The molecule has 1 aliphatic rings. The molecule has 4 rings (SSSR count). The molecule has 0 aromatic carbocycles. The predicted molar refractivity (Wildman–Crippen MR) is 121 cm³/mol. The van der Waals surface area contributed by atoms with Crippen molar-refractivity contribution in [2.24, 2.45) is 0 Å². The van der Waals surface area contributed by atoms with E-state index in [0.29, 0.717) is 28.0 Å². The first-order chi connectivity index (χ1) is 15.7. The van der Waals surface area contributed by atoms with Crippen molar-refractivity contribution in [2.45, 2.75) is 13.3 Å². The maximum absolute atomic E-state index is 13.2. The zero-order valence-corrected chi connectivity index (χ0v) is 19.3. The van der Waals surface area contributed by atoms with Crippen LogP contribution in [0.15, 0.2) is 33.5 Å². The number of amides is 1. The number of morpholine rings is 1. The third kappa shape index (κ3) is 5.41. The number of anilines is 1. The molecular formula is C21H24N4O5S2. The Morgan fingerprint density at radius 2 is 2.12 bits per heavy atom. The Morgan fingerprint density at radius 3 is 2.88 bits per heavy atom. The number of hydrogen-bond acceptors (Lipinski definition) is 10. The second-order valence-electron chi connectivity index (χ2n) is 7.05. The lowest BCUT2D eigenvalue weighted by molar-refractivity contribution is 0.0376. The number of nitrogens with zero attached hydrogens (tertiary/aromatic N) is 4. The second kappa shape index (κ2) is 10.8. The molecule has 0 atom stereocenters. The van der Waals surface area contributed by atoms with Crippen molar-refractivity contribution in [3.63, 3.8) is 0 Å². The summed E-state index contributed by atoms with van der Waals surface area (Å²) in [7, 11) is 0. The average molecular weight is 477 g/mol. The highest BCUT2D eigenvalue weighted by Crippen LogP contribution is 2.30. The number of hydrogen-bond donors (Lipinski definition) is 0. The predicted octanol–water partition coefficient (Wildman–Crippen LogP) is 3.41. The molecule has 0 spiro atoms. The molecule has 11 heteroatoms. The van der Waals surface area contributed by atoms with Crippen molar-refractivity contribution < 1.29 is 23.6 Å². The SMILES string of the molecule is CCOC(=O)c1cc(-c2csc(N(CCCN3CCOCC3)C(=O)c3cccs3)n2)on1. The van der Waals surface area contributed by atoms with Crippen LogP contribution >= 0.6 is 22.7 Å². The van der Waals surface area contributed by atoms with Crippen LogP contribution in [-0.2, 0) is 9.47 Å². The first-order valence-electron chi connectivity index (χ1n) is 10.4. The molecule has 170 valence electrons. The molecular weight excluding hydrogens is 452 g/mol. The van der Waals surface area contributed by atoms with Crippen LogP contribution in [0.25, 0.3) is 11.5 Å². The summed E-state index contributed by atoms with van der Waals surface area (Å²) in [5.41, 5.74) is 0.610. The molecule has 9 nitrogen and oxygen atoms in total. The molecule has 1 saturated heterocycles. The minimum absolute atomic E-state index is 0.0762. The molecule has 0 N–H and O–H groups in total. The molecule has 32 heavy (non-hydrogen) atoms. The molecule has 3 aromatic rings. The van der Waals surface area contributed by atoms with Gasteiger partial charge in [0.25, 0.3) is 5.91 Å². The van der Waals surface area contributed by atoms with Gasteiger partial charge in [-0.15, -0.1) is 22.7 Å². The van der Waals surface area contributed by atoms with Gasteiger partial charge in [-0.3, -0.25) is 14.6 Å². The summed E-state index contributed by atoms with van der Waals surface area (Å²) >= 11 is 2.76. The molecule has 1 amide bonds. The highest BCUT2D eigenvalue weighted by molar-refractivity contribution is 7.14. The van der Waals surface area contributed by atoms with E-state index in [4.69, 9.17) is 14.0 Å². The number of carbonyl (C=O) groups is 2. The highest BCUT2D eigenvalue weighted by Gasteiger charge is 2.24. The van der Waals surface area contributed by atoms with Gasteiger partial charge in [0, 0.05) is 37.6 Å². The summed E-state index contributed by atoms with van der Waals surface area (Å²) in [6, 6.07) is 5.18. The monoisotopic (exact) mass is 476 g/mol. The highest BCUT2D eigenvalue weighted by atomic mass is 32.1. The number of aromatic nitrogens is 2. The lowest BCUT2D eigenvalue weighted by Crippen LogP contribution is -2.39. The number of carbonyl (C=O) groups excluding carboxylic acids is 2. The zero-order valence-electron chi connectivity index (χ0n) is 17.7. The van der Waals surface area contributed by atoms with E-state index >= 15 is 0 Å². The number of rotatable bonds is 9. The Kier molecular flexibility index (Phi) is 7.63. The summed E-state index contributed by atoms with van der Waals surface area (Å²) in [5, 5.41) is 8.02. The lowest BCUT2D eigenvalue weighted by atomic mass is 10.3. The van der Waals surface area contributed by atoms with E-state index in [-0.39, 0.29) is 18.2 Å². The van der Waals surface area contributed by atoms with E-state index in [0.717, 1.165) is 39.3 Å². The van der Waals surface area contributed by atoms with Gasteiger partial charge >= 0.3 is 5.97 Å². The van der Waals surface area contributed by atoms with Crippen LogP contribution in [0, 0.1) is 0 Å². The Hall–Kier alpha value is -2.60. The maximum Gasteiger partial charge on any atom is 0.360 e. The number of thiazole rings is 1. The van der Waals surface area contributed by atoms with Gasteiger partial charge in [-0.1, -0.05) is 11.2 Å². The van der Waals surface area contributed by atoms with E-state index in [9.17, 15) is 9.59 Å². The normalized spacial score (nSPS) is 14.4. The van der Waals surface area contributed by atoms with Crippen LogP contribution < -0.4 is 4.90 Å². The van der Waals surface area contributed by atoms with E-state index in [2.05, 4.69) is 15.0 Å². The standard InChI is InChI=1S/C21H24N4O5S2/c1-2-29-20(27)15-13-17(30-23-15)16-14-32-21(22-16)25(19(26)18-5-3-12-31-18)7-4-6-24-8-10-28-11-9-24/h3,5,12-14H,2,4,6-11H2,1H3. The number of esters is 1. The second-order valence-corrected chi connectivity index (χ2v) is 8.84. The zero-order chi connectivity index (χ0) is 22.3. The van der Waals surface area contributed by atoms with E-state index in [1.807, 2.05) is 17.5 Å². The van der Waals surface area contributed by atoms with Gasteiger partial charge in [0.05, 0.1) is 24.7 Å². The van der Waals surface area contributed by atoms with Gasteiger partial charge in [-0.05, 0) is 24.8 Å². The van der Waals surface area contributed by atoms with Gasteiger partial charge in [-0.2, -0.15) is 0 Å². The van der Waals surface area contributed by atoms with E-state index in [1.54, 1.807) is 17.2 Å². The molecule has 4 heterocycles. The molecule has 0 saturated carbocycles. The molecule has 3 aromatic heterocycles. The van der Waals surface area contributed by atoms with Crippen LogP contribution in [-0.4, -0.2) is 72.9 Å². The van der Waals surface area contributed by atoms with Gasteiger partial charge in [0.2, 0.25) is 0 Å². The molecule has 0 radical (unpaired) electrons. The van der Waals surface area contributed by atoms with Crippen molar-refractivity contribution in [2.75, 3.05) is 50.9 Å². The minimum atomic E-state index is -0.546. The van der Waals surface area contributed by atoms with E-state index < -0.39 is 5.97 Å². The van der Waals surface area contributed by atoms with Gasteiger partial charge < -0.3 is 14.0 Å². The number of thiophene rings is 1. The summed E-state index contributed by atoms with van der Waals surface area (Å²) < 4.78 is 15.6. The summed E-state index contributed by atoms with van der Waals surface area (Å²) in [4.78, 5) is 34.3. The van der Waals surface area contributed by atoms with E-state index in [1.165, 1.54) is 28.7 Å². The quantitative estimate of drug-likeness (QED) is 0.434. The van der Waals surface area contributed by atoms with Crippen LogP contribution in [0.3, 0.4) is 0 Å². The summed E-state index contributed by atoms with van der Waals surface area (Å²) in [6.07, 6.45) is 0.821. The first kappa shape index (κ1) is 22.6. The maximum atomic E-state index is 13.2. The fraction of sp³-hybridized carbons (Fsp3) is 0.429. The largest absolute Gasteiger partial charge is 0.461 e. The van der Waals surface area contributed by atoms with Crippen LogP contribution in [0.5, 0.6) is 0 Å². The molecule has 0 aliphatic carbocycles. The Morgan fingerprint density at radius 1 is 1.28 bits per heavy atom. The molecule has 0 unspecified atom stereocenters. The smallest absolute Gasteiger partial charge is 0.360 e. The fourth-order valence-electron chi connectivity index (χ4n) is 3.29.